The Balaban J connectivity index is 3.93. The molecule has 4 nitrogen and oxygen atoms in total. The molecule has 1 amide bonds. The Morgan fingerprint density at radius 1 is 1.38 bits per heavy atom. The first-order valence-corrected chi connectivity index (χ1v) is 7.32. The summed E-state index contributed by atoms with van der Waals surface area (Å²) >= 11 is 0. The molecule has 0 aliphatic heterocycles. The zero-order valence-electron chi connectivity index (χ0n) is 10.7. The molecule has 3 atom stereocenters. The Labute approximate surface area is 101 Å². The second-order valence-corrected chi connectivity index (χ2v) is 6.28. The lowest BCUT2D eigenvalue weighted by Gasteiger charge is -2.18. The van der Waals surface area contributed by atoms with Crippen molar-refractivity contribution < 1.29 is 9.00 Å². The van der Waals surface area contributed by atoms with E-state index in [0.717, 1.165) is 6.42 Å². The third kappa shape index (κ3) is 5.61. The fourth-order valence-electron chi connectivity index (χ4n) is 1.38. The number of carbonyl (C=O) groups is 1. The number of nitrogens with two attached hydrogens (primary N) is 1. The molecule has 0 heterocycles. The Bertz CT molecular complexity index is 244. The summed E-state index contributed by atoms with van der Waals surface area (Å²) in [7, 11) is -0.822. The highest BCUT2D eigenvalue weighted by molar-refractivity contribution is 7.84. The van der Waals surface area contributed by atoms with Gasteiger partial charge in [0.25, 0.3) is 0 Å². The van der Waals surface area contributed by atoms with E-state index in [1.165, 1.54) is 0 Å². The molecule has 0 bridgehead atoms. The maximum absolute atomic E-state index is 11.7. The van der Waals surface area contributed by atoms with E-state index >= 15 is 0 Å². The van der Waals surface area contributed by atoms with E-state index in [0.29, 0.717) is 13.1 Å². The molecular formula is C11H24N2O2S. The highest BCUT2D eigenvalue weighted by Crippen LogP contribution is 2.09. The van der Waals surface area contributed by atoms with Gasteiger partial charge in [-0.2, -0.15) is 0 Å². The van der Waals surface area contributed by atoms with Gasteiger partial charge >= 0.3 is 0 Å². The molecule has 0 aliphatic carbocycles. The van der Waals surface area contributed by atoms with Crippen LogP contribution in [0.15, 0.2) is 0 Å². The number of rotatable bonds is 7. The lowest BCUT2D eigenvalue weighted by Crippen LogP contribution is -2.39. The van der Waals surface area contributed by atoms with Gasteiger partial charge in [0, 0.05) is 35.4 Å². The standard InChI is InChI=1S/C11H24N2O2S/c1-8(2)10(7-12)11(14)13-6-5-9(3)16(4)15/h8-10H,5-7,12H2,1-4H3,(H,13,14). The van der Waals surface area contributed by atoms with E-state index in [-0.39, 0.29) is 23.0 Å². The molecule has 3 N–H and O–H groups in total. The highest BCUT2D eigenvalue weighted by atomic mass is 32.2. The van der Waals surface area contributed by atoms with Crippen molar-refractivity contribution in [2.75, 3.05) is 19.3 Å². The zero-order valence-corrected chi connectivity index (χ0v) is 11.5. The largest absolute Gasteiger partial charge is 0.356 e. The maximum atomic E-state index is 11.7. The van der Waals surface area contributed by atoms with Crippen molar-refractivity contribution >= 4 is 16.7 Å². The second kappa shape index (κ2) is 7.79. The van der Waals surface area contributed by atoms with Crippen molar-refractivity contribution in [2.45, 2.75) is 32.4 Å². The van der Waals surface area contributed by atoms with Crippen molar-refractivity contribution in [3.8, 4) is 0 Å². The summed E-state index contributed by atoms with van der Waals surface area (Å²) in [5, 5.41) is 2.97. The fourth-order valence-corrected chi connectivity index (χ4v) is 1.83. The minimum atomic E-state index is -0.822. The Morgan fingerprint density at radius 3 is 2.31 bits per heavy atom. The van der Waals surface area contributed by atoms with E-state index < -0.39 is 10.8 Å². The SMILES string of the molecule is CC(C)C(CN)C(=O)NCCC(C)S(C)=O. The van der Waals surface area contributed by atoms with Gasteiger partial charge in [0.05, 0.1) is 5.92 Å². The average molecular weight is 248 g/mol. The molecule has 3 unspecified atom stereocenters. The second-order valence-electron chi connectivity index (χ2n) is 4.48. The number of carbonyl (C=O) groups excluding carboxylic acids is 1. The Hall–Kier alpha value is -0.420. The topological polar surface area (TPSA) is 72.2 Å². The van der Waals surface area contributed by atoms with Crippen LogP contribution in [0.2, 0.25) is 0 Å². The van der Waals surface area contributed by atoms with Gasteiger partial charge in [-0.25, -0.2) is 0 Å². The first-order chi connectivity index (χ1) is 7.40. The van der Waals surface area contributed by atoms with Crippen LogP contribution in [0.4, 0.5) is 0 Å². The molecule has 0 rings (SSSR count). The van der Waals surface area contributed by atoms with E-state index in [1.54, 1.807) is 6.26 Å². The molecule has 0 saturated carbocycles. The number of hydrogen-bond acceptors (Lipinski definition) is 3. The molecule has 0 fully saturated rings. The number of amides is 1. The Kier molecular flexibility index (Phi) is 7.58. The van der Waals surface area contributed by atoms with E-state index in [4.69, 9.17) is 5.73 Å². The van der Waals surface area contributed by atoms with Crippen LogP contribution >= 0.6 is 0 Å². The van der Waals surface area contributed by atoms with E-state index in [1.807, 2.05) is 20.8 Å². The molecule has 16 heavy (non-hydrogen) atoms. The van der Waals surface area contributed by atoms with Crippen molar-refractivity contribution in [1.29, 1.82) is 0 Å². The molecule has 0 aromatic carbocycles. The minimum absolute atomic E-state index is 0.00610. The van der Waals surface area contributed by atoms with Crippen molar-refractivity contribution in [1.82, 2.24) is 5.32 Å². The van der Waals surface area contributed by atoms with Crippen LogP contribution in [0.1, 0.15) is 27.2 Å². The van der Waals surface area contributed by atoms with Crippen LogP contribution in [-0.4, -0.2) is 34.7 Å². The fraction of sp³-hybridized carbons (Fsp3) is 0.909. The lowest BCUT2D eigenvalue weighted by molar-refractivity contribution is -0.125. The highest BCUT2D eigenvalue weighted by Gasteiger charge is 2.20. The smallest absolute Gasteiger partial charge is 0.224 e. The quantitative estimate of drug-likeness (QED) is 0.689. The molecule has 96 valence electrons. The normalized spacial score (nSPS) is 16.9. The van der Waals surface area contributed by atoms with Crippen LogP contribution in [0.5, 0.6) is 0 Å². The van der Waals surface area contributed by atoms with Crippen LogP contribution < -0.4 is 11.1 Å². The predicted octanol–water partition coefficient (Wildman–Crippen LogP) is 0.491. The average Bonchev–Trinajstić information content (AvgIpc) is 2.17. The third-order valence-corrected chi connectivity index (χ3v) is 4.18. The summed E-state index contributed by atoms with van der Waals surface area (Å²) < 4.78 is 11.1. The van der Waals surface area contributed by atoms with Gasteiger partial charge in [-0.05, 0) is 12.3 Å². The molecule has 0 spiro atoms. The summed E-state index contributed by atoms with van der Waals surface area (Å²) in [4.78, 5) is 11.7. The van der Waals surface area contributed by atoms with Crippen molar-refractivity contribution in [3.05, 3.63) is 0 Å². The molecule has 0 radical (unpaired) electrons. The minimum Gasteiger partial charge on any atom is -0.356 e. The molecule has 5 heteroatoms. The van der Waals surface area contributed by atoms with Gasteiger partial charge in [0.15, 0.2) is 0 Å². The van der Waals surface area contributed by atoms with Crippen LogP contribution in [0.3, 0.4) is 0 Å². The van der Waals surface area contributed by atoms with Gasteiger partial charge in [-0.1, -0.05) is 20.8 Å². The lowest BCUT2D eigenvalue weighted by atomic mass is 9.95. The summed E-state index contributed by atoms with van der Waals surface area (Å²) in [5.41, 5.74) is 5.54. The van der Waals surface area contributed by atoms with Gasteiger partial charge in [0.2, 0.25) is 5.91 Å². The van der Waals surface area contributed by atoms with Crippen molar-refractivity contribution in [3.63, 3.8) is 0 Å². The first-order valence-electron chi connectivity index (χ1n) is 5.70. The van der Waals surface area contributed by atoms with Gasteiger partial charge < -0.3 is 11.1 Å². The molecule has 0 aromatic heterocycles. The van der Waals surface area contributed by atoms with Gasteiger partial charge in [-0.15, -0.1) is 0 Å². The monoisotopic (exact) mass is 248 g/mol. The number of hydrogen-bond donors (Lipinski definition) is 2. The van der Waals surface area contributed by atoms with Crippen LogP contribution in [0.25, 0.3) is 0 Å². The Morgan fingerprint density at radius 2 is 1.94 bits per heavy atom. The number of nitrogens with one attached hydrogen (secondary N) is 1. The van der Waals surface area contributed by atoms with Crippen LogP contribution in [0, 0.1) is 11.8 Å². The zero-order chi connectivity index (χ0) is 12.7. The first kappa shape index (κ1) is 15.6. The summed E-state index contributed by atoms with van der Waals surface area (Å²) in [5.74, 6) is 0.136. The summed E-state index contributed by atoms with van der Waals surface area (Å²) in [6.45, 7) is 6.84. The van der Waals surface area contributed by atoms with Gasteiger partial charge in [-0.3, -0.25) is 9.00 Å². The summed E-state index contributed by atoms with van der Waals surface area (Å²) in [6.07, 6.45) is 2.42. The van der Waals surface area contributed by atoms with Gasteiger partial charge in [0.1, 0.15) is 0 Å². The van der Waals surface area contributed by atoms with E-state index in [2.05, 4.69) is 5.32 Å². The third-order valence-electron chi connectivity index (χ3n) is 2.81. The predicted molar refractivity (Wildman–Crippen MR) is 68.5 cm³/mol. The molecule has 0 saturated heterocycles. The molecular weight excluding hydrogens is 224 g/mol. The van der Waals surface area contributed by atoms with E-state index in [9.17, 15) is 9.00 Å². The molecule has 0 aliphatic rings. The summed E-state index contributed by atoms with van der Waals surface area (Å²) in [6, 6.07) is 0. The molecule has 0 aromatic rings. The maximum Gasteiger partial charge on any atom is 0.224 e. The van der Waals surface area contributed by atoms with Crippen molar-refractivity contribution in [2.24, 2.45) is 17.6 Å². The van der Waals surface area contributed by atoms with Crippen LogP contribution in [-0.2, 0) is 15.6 Å².